The Hall–Kier alpha value is -1.01. The van der Waals surface area contributed by atoms with Crippen molar-refractivity contribution in [3.63, 3.8) is 0 Å². The Labute approximate surface area is 106 Å². The molecule has 0 radical (unpaired) electrons. The molecule has 0 aromatic carbocycles. The zero-order chi connectivity index (χ0) is 12.1. The summed E-state index contributed by atoms with van der Waals surface area (Å²) < 4.78 is 0. The summed E-state index contributed by atoms with van der Waals surface area (Å²) in [4.78, 5) is 8.63. The Kier molecular flexibility index (Phi) is 4.44. The summed E-state index contributed by atoms with van der Waals surface area (Å²) in [6.07, 6.45) is 7.34. The van der Waals surface area contributed by atoms with Crippen molar-refractivity contribution in [2.45, 2.75) is 30.8 Å². The van der Waals surface area contributed by atoms with Crippen LogP contribution >= 0.6 is 11.8 Å². The number of nitrogens with two attached hydrogens (primary N) is 1. The topological polar surface area (TPSA) is 75.9 Å². The summed E-state index contributed by atoms with van der Waals surface area (Å²) in [6, 6.07) is 1.84. The van der Waals surface area contributed by atoms with E-state index in [2.05, 4.69) is 20.7 Å². The molecule has 0 spiro atoms. The molecular formula is C11H19N5S. The predicted molar refractivity (Wildman–Crippen MR) is 72.1 cm³/mol. The molecule has 6 heteroatoms. The van der Waals surface area contributed by atoms with Gasteiger partial charge >= 0.3 is 0 Å². The molecule has 0 unspecified atom stereocenters. The molecule has 0 bridgehead atoms. The molecule has 0 amide bonds. The lowest BCUT2D eigenvalue weighted by Gasteiger charge is -2.12. The van der Waals surface area contributed by atoms with E-state index in [1.165, 1.54) is 37.4 Å². The van der Waals surface area contributed by atoms with Crippen molar-refractivity contribution in [2.75, 3.05) is 23.5 Å². The first-order valence-electron chi connectivity index (χ1n) is 5.95. The molecule has 1 heterocycles. The van der Waals surface area contributed by atoms with Crippen molar-refractivity contribution in [1.82, 2.24) is 9.97 Å². The number of thioether (sulfide) groups is 1. The normalized spacial score (nSPS) is 16.1. The van der Waals surface area contributed by atoms with Crippen LogP contribution in [0.2, 0.25) is 0 Å². The Balaban J connectivity index is 1.98. The lowest BCUT2D eigenvalue weighted by atomic mass is 10.1. The zero-order valence-electron chi connectivity index (χ0n) is 10.1. The maximum Gasteiger partial charge on any atom is 0.191 e. The average Bonchev–Trinajstić information content (AvgIpc) is 2.89. The highest BCUT2D eigenvalue weighted by molar-refractivity contribution is 7.98. The highest BCUT2D eigenvalue weighted by atomic mass is 32.2. The number of hydrogen-bond donors (Lipinski definition) is 3. The van der Waals surface area contributed by atoms with Gasteiger partial charge in [0.05, 0.1) is 0 Å². The zero-order valence-corrected chi connectivity index (χ0v) is 10.9. The number of hydrazine groups is 1. The fourth-order valence-electron chi connectivity index (χ4n) is 2.14. The predicted octanol–water partition coefficient (Wildman–Crippen LogP) is 2.09. The number of rotatable bonds is 5. The summed E-state index contributed by atoms with van der Waals surface area (Å²) in [6.45, 7) is 0.995. The fraction of sp³-hybridized carbons (Fsp3) is 0.636. The van der Waals surface area contributed by atoms with E-state index in [0.717, 1.165) is 23.4 Å². The van der Waals surface area contributed by atoms with Gasteiger partial charge in [-0.25, -0.2) is 15.8 Å². The second-order valence-corrected chi connectivity index (χ2v) is 5.07. The molecule has 17 heavy (non-hydrogen) atoms. The van der Waals surface area contributed by atoms with Gasteiger partial charge in [-0.3, -0.25) is 0 Å². The van der Waals surface area contributed by atoms with Crippen LogP contribution in [0.15, 0.2) is 11.2 Å². The van der Waals surface area contributed by atoms with Crippen LogP contribution in [-0.4, -0.2) is 22.8 Å². The van der Waals surface area contributed by atoms with E-state index < -0.39 is 0 Å². The van der Waals surface area contributed by atoms with Gasteiger partial charge in [-0.1, -0.05) is 24.6 Å². The molecule has 0 atom stereocenters. The SMILES string of the molecule is CSc1nc(NN)cc(NCC2CCCC2)n1. The highest BCUT2D eigenvalue weighted by Crippen LogP contribution is 2.25. The van der Waals surface area contributed by atoms with E-state index in [-0.39, 0.29) is 0 Å². The van der Waals surface area contributed by atoms with Gasteiger partial charge in [-0.15, -0.1) is 0 Å². The van der Waals surface area contributed by atoms with Crippen LogP contribution in [0.5, 0.6) is 0 Å². The van der Waals surface area contributed by atoms with Gasteiger partial charge < -0.3 is 10.7 Å². The largest absolute Gasteiger partial charge is 0.370 e. The number of aromatic nitrogens is 2. The summed E-state index contributed by atoms with van der Waals surface area (Å²) in [5.74, 6) is 7.67. The van der Waals surface area contributed by atoms with Crippen LogP contribution in [0, 0.1) is 5.92 Å². The standard InChI is InChI=1S/C11H19N5S/c1-17-11-14-9(6-10(15-11)16-12)13-7-8-4-2-3-5-8/h6,8H,2-5,7,12H2,1H3,(H2,13,14,15,16). The third kappa shape index (κ3) is 3.47. The average molecular weight is 253 g/mol. The lowest BCUT2D eigenvalue weighted by molar-refractivity contribution is 0.578. The van der Waals surface area contributed by atoms with Crippen molar-refractivity contribution in [2.24, 2.45) is 11.8 Å². The first-order chi connectivity index (χ1) is 8.31. The van der Waals surface area contributed by atoms with Crippen molar-refractivity contribution >= 4 is 23.4 Å². The molecule has 94 valence electrons. The Bertz CT molecular complexity index is 343. The van der Waals surface area contributed by atoms with Gasteiger partial charge in [0.1, 0.15) is 11.6 Å². The monoisotopic (exact) mass is 253 g/mol. The smallest absolute Gasteiger partial charge is 0.191 e. The first-order valence-corrected chi connectivity index (χ1v) is 7.18. The maximum absolute atomic E-state index is 5.38. The van der Waals surface area contributed by atoms with Crippen LogP contribution in [0.1, 0.15) is 25.7 Å². The minimum atomic E-state index is 0.651. The van der Waals surface area contributed by atoms with Gasteiger partial charge in [0, 0.05) is 12.6 Å². The van der Waals surface area contributed by atoms with Gasteiger partial charge in [0.2, 0.25) is 0 Å². The van der Waals surface area contributed by atoms with Crippen molar-refractivity contribution in [3.05, 3.63) is 6.07 Å². The fourth-order valence-corrected chi connectivity index (χ4v) is 2.52. The molecule has 1 aliphatic carbocycles. The molecule has 4 N–H and O–H groups in total. The number of anilines is 2. The van der Waals surface area contributed by atoms with E-state index in [1.54, 1.807) is 0 Å². The summed E-state index contributed by atoms with van der Waals surface area (Å²) in [5, 5.41) is 4.11. The number of hydrogen-bond acceptors (Lipinski definition) is 6. The summed E-state index contributed by atoms with van der Waals surface area (Å²) in [5.41, 5.74) is 2.57. The molecular weight excluding hydrogens is 234 g/mol. The van der Waals surface area contributed by atoms with Crippen molar-refractivity contribution in [3.8, 4) is 0 Å². The number of nitrogen functional groups attached to an aromatic ring is 1. The third-order valence-electron chi connectivity index (χ3n) is 3.08. The number of nitrogens with one attached hydrogen (secondary N) is 2. The Morgan fingerprint density at radius 2 is 2.06 bits per heavy atom. The van der Waals surface area contributed by atoms with Gasteiger partial charge in [-0.05, 0) is 25.0 Å². The molecule has 0 saturated heterocycles. The summed E-state index contributed by atoms with van der Waals surface area (Å²) in [7, 11) is 0. The van der Waals surface area contributed by atoms with Crippen LogP contribution in [0.3, 0.4) is 0 Å². The van der Waals surface area contributed by atoms with Crippen molar-refractivity contribution < 1.29 is 0 Å². The van der Waals surface area contributed by atoms with Crippen molar-refractivity contribution in [1.29, 1.82) is 0 Å². The Morgan fingerprint density at radius 1 is 1.35 bits per heavy atom. The van der Waals surface area contributed by atoms with Gasteiger partial charge in [-0.2, -0.15) is 0 Å². The van der Waals surface area contributed by atoms with E-state index in [1.807, 2.05) is 12.3 Å². The van der Waals surface area contributed by atoms with E-state index >= 15 is 0 Å². The minimum Gasteiger partial charge on any atom is -0.370 e. The molecule has 1 fully saturated rings. The summed E-state index contributed by atoms with van der Waals surface area (Å²) >= 11 is 1.51. The number of nitrogens with zero attached hydrogens (tertiary/aromatic N) is 2. The molecule has 1 saturated carbocycles. The van der Waals surface area contributed by atoms with E-state index in [9.17, 15) is 0 Å². The molecule has 5 nitrogen and oxygen atoms in total. The minimum absolute atomic E-state index is 0.651. The highest BCUT2D eigenvalue weighted by Gasteiger charge is 2.14. The molecule has 1 aliphatic rings. The van der Waals surface area contributed by atoms with Gasteiger partial charge in [0.15, 0.2) is 5.16 Å². The van der Waals surface area contributed by atoms with Gasteiger partial charge in [0.25, 0.3) is 0 Å². The second-order valence-electron chi connectivity index (χ2n) is 4.30. The molecule has 0 aliphatic heterocycles. The van der Waals surface area contributed by atoms with Crippen LogP contribution < -0.4 is 16.6 Å². The van der Waals surface area contributed by atoms with E-state index in [4.69, 9.17) is 5.84 Å². The van der Waals surface area contributed by atoms with Crippen LogP contribution in [0.4, 0.5) is 11.6 Å². The molecule has 1 aromatic heterocycles. The quantitative estimate of drug-likeness (QED) is 0.323. The second kappa shape index (κ2) is 6.07. The lowest BCUT2D eigenvalue weighted by Crippen LogP contribution is -2.14. The Morgan fingerprint density at radius 3 is 2.71 bits per heavy atom. The third-order valence-corrected chi connectivity index (χ3v) is 3.63. The maximum atomic E-state index is 5.38. The molecule has 1 aromatic rings. The van der Waals surface area contributed by atoms with Crippen LogP contribution in [0.25, 0.3) is 0 Å². The van der Waals surface area contributed by atoms with Crippen LogP contribution in [-0.2, 0) is 0 Å². The van der Waals surface area contributed by atoms with E-state index in [0.29, 0.717) is 5.82 Å². The first kappa shape index (κ1) is 12.4. The molecule has 2 rings (SSSR count).